The molecule has 0 aromatic carbocycles. The van der Waals surface area contributed by atoms with Gasteiger partial charge in [0.1, 0.15) is 0 Å². The first-order valence-electron chi connectivity index (χ1n) is 6.61. The van der Waals surface area contributed by atoms with Crippen LogP contribution in [0.1, 0.15) is 52.9 Å². The van der Waals surface area contributed by atoms with Gasteiger partial charge in [-0.1, -0.05) is 24.1 Å². The Balaban J connectivity index is 3.89. The molecule has 0 aromatic heterocycles. The van der Waals surface area contributed by atoms with Crippen molar-refractivity contribution in [2.24, 2.45) is 5.92 Å². The maximum absolute atomic E-state index is 10.6. The van der Waals surface area contributed by atoms with Gasteiger partial charge in [-0.15, -0.1) is 0 Å². The topological polar surface area (TPSA) is 74.6 Å². The molecule has 0 rings (SSSR count). The van der Waals surface area contributed by atoms with Crippen molar-refractivity contribution in [3.05, 3.63) is 23.3 Å². The molecule has 1 atom stereocenters. The highest BCUT2D eigenvalue weighted by Crippen LogP contribution is 2.14. The molecule has 2 N–H and O–H groups in total. The monoisotopic (exact) mass is 268 g/mol. The summed E-state index contributed by atoms with van der Waals surface area (Å²) in [4.78, 5) is 21.1. The first-order valence-corrected chi connectivity index (χ1v) is 6.61. The van der Waals surface area contributed by atoms with Gasteiger partial charge in [0.2, 0.25) is 0 Å². The Hall–Kier alpha value is -1.58. The Bertz CT molecular complexity index is 366. The van der Waals surface area contributed by atoms with Crippen LogP contribution in [0.5, 0.6) is 0 Å². The molecular weight excluding hydrogens is 244 g/mol. The fraction of sp³-hybridized carbons (Fsp3) is 0.600. The van der Waals surface area contributed by atoms with Crippen LogP contribution < -0.4 is 0 Å². The van der Waals surface area contributed by atoms with Crippen LogP contribution >= 0.6 is 0 Å². The Labute approximate surface area is 114 Å². The number of hydrogen-bond acceptors (Lipinski definition) is 2. The van der Waals surface area contributed by atoms with Crippen LogP contribution in [0.25, 0.3) is 0 Å². The minimum atomic E-state index is -0.902. The van der Waals surface area contributed by atoms with Crippen molar-refractivity contribution in [3.8, 4) is 0 Å². The van der Waals surface area contributed by atoms with E-state index < -0.39 is 11.9 Å². The first-order chi connectivity index (χ1) is 8.82. The summed E-state index contributed by atoms with van der Waals surface area (Å²) in [5.41, 5.74) is 2.09. The van der Waals surface area contributed by atoms with E-state index in [-0.39, 0.29) is 5.92 Å². The smallest absolute Gasteiger partial charge is 0.328 e. The molecule has 0 aliphatic carbocycles. The third kappa shape index (κ3) is 10.1. The van der Waals surface area contributed by atoms with Crippen molar-refractivity contribution in [1.29, 1.82) is 0 Å². The quantitative estimate of drug-likeness (QED) is 0.494. The van der Waals surface area contributed by atoms with E-state index >= 15 is 0 Å². The third-order valence-corrected chi connectivity index (χ3v) is 3.03. The molecule has 0 unspecified atom stereocenters. The summed E-state index contributed by atoms with van der Waals surface area (Å²) >= 11 is 0. The molecule has 4 nitrogen and oxygen atoms in total. The zero-order valence-electron chi connectivity index (χ0n) is 12.0. The Morgan fingerprint density at radius 3 is 2.26 bits per heavy atom. The number of carboxylic acid groups (broad SMARTS) is 2. The molecule has 4 heteroatoms. The summed E-state index contributed by atoms with van der Waals surface area (Å²) in [5.74, 6) is -1.93. The SMILES string of the molecule is C/C(=C\C(=O)O)CC/C=C(\C)CCC[C@H](C)C(=O)O. The molecule has 0 fully saturated rings. The van der Waals surface area contributed by atoms with E-state index in [0.717, 1.165) is 31.3 Å². The van der Waals surface area contributed by atoms with Crippen LogP contribution in [0.3, 0.4) is 0 Å². The predicted molar refractivity (Wildman–Crippen MR) is 75.0 cm³/mol. The normalized spacial score (nSPS) is 14.3. The summed E-state index contributed by atoms with van der Waals surface area (Å²) in [7, 11) is 0. The fourth-order valence-corrected chi connectivity index (χ4v) is 1.74. The highest BCUT2D eigenvalue weighted by Gasteiger charge is 2.09. The molecule has 0 bridgehead atoms. The summed E-state index contributed by atoms with van der Waals surface area (Å²) < 4.78 is 0. The molecule has 108 valence electrons. The molecular formula is C15H24O4. The zero-order valence-corrected chi connectivity index (χ0v) is 12.0. The van der Waals surface area contributed by atoms with Crippen LogP contribution in [-0.2, 0) is 9.59 Å². The van der Waals surface area contributed by atoms with E-state index in [2.05, 4.69) is 6.08 Å². The highest BCUT2D eigenvalue weighted by atomic mass is 16.4. The van der Waals surface area contributed by atoms with Gasteiger partial charge in [0, 0.05) is 6.08 Å². The van der Waals surface area contributed by atoms with Crippen molar-refractivity contribution in [1.82, 2.24) is 0 Å². The molecule has 0 saturated carbocycles. The van der Waals surface area contributed by atoms with Crippen LogP contribution in [0.15, 0.2) is 23.3 Å². The van der Waals surface area contributed by atoms with Gasteiger partial charge in [-0.25, -0.2) is 4.79 Å². The van der Waals surface area contributed by atoms with E-state index in [4.69, 9.17) is 10.2 Å². The van der Waals surface area contributed by atoms with Gasteiger partial charge >= 0.3 is 11.9 Å². The summed E-state index contributed by atoms with van der Waals surface area (Å²) in [5, 5.41) is 17.3. The zero-order chi connectivity index (χ0) is 14.8. The van der Waals surface area contributed by atoms with Crippen LogP contribution in [0.2, 0.25) is 0 Å². The molecule has 0 radical (unpaired) electrons. The van der Waals surface area contributed by atoms with Crippen LogP contribution in [0, 0.1) is 5.92 Å². The lowest BCUT2D eigenvalue weighted by atomic mass is 10.0. The Morgan fingerprint density at radius 1 is 1.11 bits per heavy atom. The Morgan fingerprint density at radius 2 is 1.74 bits per heavy atom. The largest absolute Gasteiger partial charge is 0.481 e. The minimum absolute atomic E-state index is 0.284. The number of rotatable bonds is 9. The molecule has 0 amide bonds. The second kappa shape index (κ2) is 9.36. The average molecular weight is 268 g/mol. The van der Waals surface area contributed by atoms with Crippen molar-refractivity contribution in [2.75, 3.05) is 0 Å². The fourth-order valence-electron chi connectivity index (χ4n) is 1.74. The number of hydrogen-bond donors (Lipinski definition) is 2. The molecule has 19 heavy (non-hydrogen) atoms. The van der Waals surface area contributed by atoms with Gasteiger partial charge < -0.3 is 10.2 Å². The third-order valence-electron chi connectivity index (χ3n) is 3.03. The van der Waals surface area contributed by atoms with E-state index in [1.807, 2.05) is 13.8 Å². The first kappa shape index (κ1) is 17.4. The van der Waals surface area contributed by atoms with Gasteiger partial charge in [0.05, 0.1) is 5.92 Å². The predicted octanol–water partition coefficient (Wildman–Crippen LogP) is 3.63. The maximum atomic E-state index is 10.6. The van der Waals surface area contributed by atoms with Gasteiger partial charge in [-0.3, -0.25) is 4.79 Å². The van der Waals surface area contributed by atoms with Gasteiger partial charge in [0.25, 0.3) is 0 Å². The van der Waals surface area contributed by atoms with E-state index in [1.54, 1.807) is 6.92 Å². The molecule has 0 aliphatic heterocycles. The van der Waals surface area contributed by atoms with Crippen molar-refractivity contribution < 1.29 is 19.8 Å². The Kier molecular flexibility index (Phi) is 8.58. The standard InChI is InChI=1S/C15H24O4/c1-11(7-5-9-13(3)15(18)19)6-4-8-12(2)10-14(16)17/h6,10,13H,4-5,7-9H2,1-3H3,(H,16,17)(H,18,19)/b11-6+,12-10+/t13-/m0/s1. The van der Waals surface area contributed by atoms with Crippen molar-refractivity contribution >= 4 is 11.9 Å². The maximum Gasteiger partial charge on any atom is 0.328 e. The van der Waals surface area contributed by atoms with Gasteiger partial charge in [-0.05, 0) is 46.0 Å². The lowest BCUT2D eigenvalue weighted by Crippen LogP contribution is -2.08. The van der Waals surface area contributed by atoms with Gasteiger partial charge in [-0.2, -0.15) is 0 Å². The van der Waals surface area contributed by atoms with Crippen molar-refractivity contribution in [3.63, 3.8) is 0 Å². The van der Waals surface area contributed by atoms with E-state index in [9.17, 15) is 9.59 Å². The average Bonchev–Trinajstić information content (AvgIpc) is 2.27. The summed E-state index contributed by atoms with van der Waals surface area (Å²) in [6.45, 7) is 5.56. The number of carbonyl (C=O) groups is 2. The number of aliphatic carboxylic acids is 2. The van der Waals surface area contributed by atoms with Crippen molar-refractivity contribution in [2.45, 2.75) is 52.9 Å². The van der Waals surface area contributed by atoms with E-state index in [0.29, 0.717) is 6.42 Å². The molecule has 0 heterocycles. The van der Waals surface area contributed by atoms with Crippen LogP contribution in [0.4, 0.5) is 0 Å². The van der Waals surface area contributed by atoms with E-state index in [1.165, 1.54) is 11.6 Å². The number of allylic oxidation sites excluding steroid dienone is 3. The van der Waals surface area contributed by atoms with Crippen LogP contribution in [-0.4, -0.2) is 22.2 Å². The number of carboxylic acids is 2. The molecule has 0 aliphatic rings. The molecule has 0 saturated heterocycles. The lowest BCUT2D eigenvalue weighted by Gasteiger charge is -2.06. The summed E-state index contributed by atoms with van der Waals surface area (Å²) in [6, 6.07) is 0. The van der Waals surface area contributed by atoms with Gasteiger partial charge in [0.15, 0.2) is 0 Å². The highest BCUT2D eigenvalue weighted by molar-refractivity contribution is 5.80. The minimum Gasteiger partial charge on any atom is -0.481 e. The molecule has 0 aromatic rings. The second-order valence-corrected chi connectivity index (χ2v) is 5.05. The molecule has 0 spiro atoms. The lowest BCUT2D eigenvalue weighted by molar-refractivity contribution is -0.141. The summed E-state index contributed by atoms with van der Waals surface area (Å²) in [6.07, 6.45) is 7.38. The second-order valence-electron chi connectivity index (χ2n) is 5.05.